The van der Waals surface area contributed by atoms with Gasteiger partial charge in [-0.1, -0.05) is 59.1 Å². The lowest BCUT2D eigenvalue weighted by molar-refractivity contribution is -0.122. The van der Waals surface area contributed by atoms with Crippen LogP contribution in [0, 0.1) is 17.2 Å². The van der Waals surface area contributed by atoms with Gasteiger partial charge in [-0.25, -0.2) is 29.3 Å². The van der Waals surface area contributed by atoms with E-state index in [-0.39, 0.29) is 75.7 Å². The van der Waals surface area contributed by atoms with Gasteiger partial charge in [-0.2, -0.15) is 5.26 Å². The van der Waals surface area contributed by atoms with Gasteiger partial charge in [-0.05, 0) is 152 Å². The number of Topliss-reactive ketones (excluding diaryl/α,β-unsaturated/α-hetero) is 2. The lowest BCUT2D eigenvalue weighted by atomic mass is 9.67. The molecule has 3 saturated carbocycles. The number of ether oxygens (including phenoxy) is 4. The first-order valence-electron chi connectivity index (χ1n) is 35.0. The number of aromatic nitrogens is 12. The van der Waals surface area contributed by atoms with Crippen molar-refractivity contribution in [2.75, 3.05) is 20.8 Å². The highest BCUT2D eigenvalue weighted by Gasteiger charge is 2.39. The molecule has 1 amide bonds. The molecule has 27 heteroatoms. The third kappa shape index (κ3) is 17.8. The topological polar surface area (TPSA) is 331 Å². The fourth-order valence-electron chi connectivity index (χ4n) is 13.2. The maximum Gasteiger partial charge on any atom is 0.332 e. The predicted octanol–water partition coefficient (Wildman–Crippen LogP) is 8.78. The highest BCUT2D eigenvalue weighted by atomic mass is 16.5. The van der Waals surface area contributed by atoms with Crippen LogP contribution in [0.2, 0.25) is 0 Å². The Bertz CT molecular complexity index is 4510. The fourth-order valence-corrected chi connectivity index (χ4v) is 13.2. The number of fused-ring (bicyclic) bond motifs is 3. The van der Waals surface area contributed by atoms with Gasteiger partial charge >= 0.3 is 17.1 Å². The zero-order chi connectivity index (χ0) is 71.5. The number of carbonyl (C=O) groups excluding carboxylic acids is 3. The van der Waals surface area contributed by atoms with Gasteiger partial charge in [0.1, 0.15) is 22.6 Å². The van der Waals surface area contributed by atoms with Gasteiger partial charge in [0, 0.05) is 65.1 Å². The summed E-state index contributed by atoms with van der Waals surface area (Å²) in [7, 11) is 6.32. The Kier molecular flexibility index (Phi) is 26.8. The lowest BCUT2D eigenvalue weighted by Gasteiger charge is -2.35. The molecule has 1 unspecified atom stereocenters. The molecule has 0 spiro atoms. The van der Waals surface area contributed by atoms with Crippen molar-refractivity contribution in [2.45, 2.75) is 226 Å². The summed E-state index contributed by atoms with van der Waals surface area (Å²) in [5, 5.41) is 12.8. The number of carbonyl (C=O) groups is 3. The molecule has 7 heterocycles. The monoisotopic (exact) mass is 1370 g/mol. The summed E-state index contributed by atoms with van der Waals surface area (Å²) in [5.41, 5.74) is 2.03. The Balaban J connectivity index is 0.000000160. The number of nitriles is 1. The van der Waals surface area contributed by atoms with E-state index in [0.717, 1.165) is 135 Å². The van der Waals surface area contributed by atoms with Crippen LogP contribution in [-0.4, -0.2) is 107 Å². The van der Waals surface area contributed by atoms with Crippen molar-refractivity contribution in [1.29, 1.82) is 5.26 Å². The lowest BCUT2D eigenvalue weighted by Crippen LogP contribution is -2.40. The van der Waals surface area contributed by atoms with Crippen LogP contribution in [0.5, 0.6) is 23.0 Å². The molecule has 534 valence electrons. The summed E-state index contributed by atoms with van der Waals surface area (Å²) in [4.78, 5) is 125. The molecule has 8 aromatic rings. The Morgan fingerprint density at radius 1 is 0.596 bits per heavy atom. The minimum atomic E-state index is -0.522. The van der Waals surface area contributed by atoms with Gasteiger partial charge in [0.2, 0.25) is 5.91 Å². The van der Waals surface area contributed by atoms with Gasteiger partial charge in [-0.15, -0.1) is 0 Å². The first kappa shape index (κ1) is 75.2. The largest absolute Gasteiger partial charge is 0.493 e. The molecule has 3 N–H and O–H groups in total. The number of benzene rings is 2. The number of nitrogens with zero attached hydrogens (tertiary/aromatic N) is 11. The van der Waals surface area contributed by atoms with E-state index in [0.29, 0.717) is 78.7 Å². The second-order valence-corrected chi connectivity index (χ2v) is 26.1. The number of unbranched alkanes of at least 4 members (excludes halogenated alkanes) is 3. The van der Waals surface area contributed by atoms with E-state index < -0.39 is 5.41 Å². The maximum atomic E-state index is 12.7. The van der Waals surface area contributed by atoms with Gasteiger partial charge in [-0.3, -0.25) is 56.2 Å². The molecule has 99 heavy (non-hydrogen) atoms. The van der Waals surface area contributed by atoms with Crippen molar-refractivity contribution in [2.24, 2.45) is 20.0 Å². The van der Waals surface area contributed by atoms with Gasteiger partial charge in [0.25, 0.3) is 16.7 Å². The minimum absolute atomic E-state index is 0.0601. The van der Waals surface area contributed by atoms with Crippen LogP contribution in [0.15, 0.2) is 84.1 Å². The summed E-state index contributed by atoms with van der Waals surface area (Å²) < 4.78 is 32.8. The Hall–Kier alpha value is -9.61. The molecule has 0 radical (unpaired) electrons. The summed E-state index contributed by atoms with van der Waals surface area (Å²) in [6.07, 6.45) is 23.8. The number of methoxy groups -OCH3 is 2. The fraction of sp³-hybridized carbons (Fsp3) is 0.569. The predicted molar refractivity (Wildman–Crippen MR) is 377 cm³/mol. The number of hydrogen-bond acceptors (Lipinski definition) is 17. The number of rotatable bonds is 22. The van der Waals surface area contributed by atoms with E-state index in [1.54, 1.807) is 41.9 Å². The summed E-state index contributed by atoms with van der Waals surface area (Å²) in [5.74, 6) is 3.73. The molecule has 1 saturated heterocycles. The molecule has 27 nitrogen and oxygen atoms in total. The second kappa shape index (κ2) is 35.2. The van der Waals surface area contributed by atoms with Crippen molar-refractivity contribution >= 4 is 51.0 Å². The highest BCUT2D eigenvalue weighted by molar-refractivity contribution is 5.80. The van der Waals surface area contributed by atoms with E-state index in [1.807, 2.05) is 64.1 Å². The van der Waals surface area contributed by atoms with E-state index in [1.165, 1.54) is 72.3 Å². The summed E-state index contributed by atoms with van der Waals surface area (Å²) in [6.45, 7) is 14.0. The van der Waals surface area contributed by atoms with E-state index >= 15 is 0 Å². The third-order valence-electron chi connectivity index (χ3n) is 19.0. The number of aryl methyl sites for hydroxylation is 3. The second-order valence-electron chi connectivity index (χ2n) is 26.1. The molecule has 0 bridgehead atoms. The van der Waals surface area contributed by atoms with Crippen molar-refractivity contribution in [3.63, 3.8) is 0 Å². The van der Waals surface area contributed by atoms with Crippen molar-refractivity contribution in [3.8, 4) is 29.1 Å². The number of nitrogens with one attached hydrogen (secondary N) is 3. The first-order chi connectivity index (χ1) is 47.7. The minimum Gasteiger partial charge on any atom is -0.493 e. The third-order valence-corrected chi connectivity index (χ3v) is 19.0. The Morgan fingerprint density at radius 2 is 1.12 bits per heavy atom. The number of amides is 1. The summed E-state index contributed by atoms with van der Waals surface area (Å²) >= 11 is 0. The number of ketones is 2. The number of aromatic amines is 2. The zero-order valence-electron chi connectivity index (χ0n) is 59.1. The number of hydrogen-bond donors (Lipinski definition) is 3. The molecule has 6 aromatic heterocycles. The Labute approximate surface area is 574 Å². The van der Waals surface area contributed by atoms with Crippen LogP contribution in [0.25, 0.3) is 33.5 Å². The molecule has 1 atom stereocenters. The van der Waals surface area contributed by atoms with Gasteiger partial charge < -0.3 is 38.8 Å². The number of H-pyrrole nitrogens is 2. The van der Waals surface area contributed by atoms with E-state index in [9.17, 15) is 48.4 Å². The van der Waals surface area contributed by atoms with Crippen molar-refractivity contribution in [3.05, 3.63) is 129 Å². The van der Waals surface area contributed by atoms with E-state index in [4.69, 9.17) is 18.9 Å². The van der Waals surface area contributed by atoms with Crippen LogP contribution in [0.3, 0.4) is 0 Å². The quantitative estimate of drug-likeness (QED) is 0.0570. The summed E-state index contributed by atoms with van der Waals surface area (Å²) in [6, 6.07) is 14.5. The molecule has 12 rings (SSSR count). The normalized spacial score (nSPS) is 17.5. The van der Waals surface area contributed by atoms with Crippen LogP contribution in [0.4, 0.5) is 0 Å². The standard InChI is InChI=1S/C21H27NO3.C16H24N4O3.C16H21NO3.C12H18N4O2.C7H8N4O2/c1-15(23)16-9-11-21(14-22,12-10-16)17-7-8-19(24-2)20(13-17)25-18-5-3-4-6-18;1-4-6-8-19-14-13(18(11-17-14)10-12(3)21)15(22)20(16(19)23)9-7-5-2;1-19-14-7-6-11(12-9-16(18)17-10-12)8-15(14)20-13-4-2-3-5-13;1-3-5-7-16-11(17)9-10(14-8-13-9)15(6-4-2)12(16)18;1-10-5-4(8-3-9-5)6(12)11(2)7(10)13/h7-8,13,16,18H,3-6,9-12H2,1-2H3;11H,4-10H2,1-3H3;6-8,12-13H,2-5,9-10H2,1H3,(H,17,18);8H,3-7H2,1-2H3,(H,13,14);3H,1-2H3,(H,8,9). The van der Waals surface area contributed by atoms with Crippen LogP contribution >= 0.6 is 0 Å². The molecule has 1 aliphatic heterocycles. The van der Waals surface area contributed by atoms with Gasteiger partial charge in [0.05, 0.1) is 63.4 Å². The van der Waals surface area contributed by atoms with Crippen molar-refractivity contribution < 1.29 is 33.3 Å². The molecule has 4 fully saturated rings. The molecular weight excluding hydrogens is 1270 g/mol. The highest BCUT2D eigenvalue weighted by Crippen LogP contribution is 2.45. The average molecular weight is 1370 g/mol. The first-order valence-corrected chi connectivity index (χ1v) is 35.0. The Morgan fingerprint density at radius 3 is 1.64 bits per heavy atom. The van der Waals surface area contributed by atoms with Gasteiger partial charge in [0.15, 0.2) is 45.5 Å². The van der Waals surface area contributed by atoms with E-state index in [2.05, 4.69) is 36.3 Å². The molecule has 4 aliphatic rings. The van der Waals surface area contributed by atoms with Crippen LogP contribution < -0.4 is 58.0 Å². The maximum absolute atomic E-state index is 12.7. The zero-order valence-corrected chi connectivity index (χ0v) is 59.1. The molecule has 2 aromatic carbocycles. The SMILES string of the molecule is CCCCn1c(=O)c2[nH]cnc2n(CCC)c1=O.CCCCn1c(=O)c2c(ncn2CC(C)=O)n(CCCC)c1=O.COc1ccc(C2(C#N)CCC(C(C)=O)CC2)cc1OC1CCCC1.COc1ccc(C2CNC(=O)C2)cc1OC1CCCC1.Cn1c(=O)c2[nH]cnc2n(C)c1=O. The molecular formula is C72H98N14O13. The van der Waals surface area contributed by atoms with Crippen LogP contribution in [-0.2, 0) is 66.6 Å². The van der Waals surface area contributed by atoms with Crippen LogP contribution in [0.1, 0.15) is 187 Å². The van der Waals surface area contributed by atoms with Crippen molar-refractivity contribution in [1.82, 2.24) is 62.2 Å². The average Bonchev–Trinajstić information content (AvgIpc) is 1.71. The molecule has 3 aliphatic carbocycles. The number of imidazole rings is 3. The smallest absolute Gasteiger partial charge is 0.332 e.